The fourth-order valence-corrected chi connectivity index (χ4v) is 2.47. The molecule has 1 aliphatic rings. The third-order valence-electron chi connectivity index (χ3n) is 3.85. The average Bonchev–Trinajstić information content (AvgIpc) is 2.75. The summed E-state index contributed by atoms with van der Waals surface area (Å²) < 4.78 is 0. The topological polar surface area (TPSA) is 62.1 Å². The SMILES string of the molecule is CN(CC1(CN)CCC1)C(=O)Cc1ccc[nH]1. The molecule has 94 valence electrons. The van der Waals surface area contributed by atoms with Gasteiger partial charge in [-0.2, -0.15) is 0 Å². The quantitative estimate of drug-likeness (QED) is 0.804. The molecule has 17 heavy (non-hydrogen) atoms. The first-order valence-corrected chi connectivity index (χ1v) is 6.21. The summed E-state index contributed by atoms with van der Waals surface area (Å²) in [5.74, 6) is 0.159. The molecular weight excluding hydrogens is 214 g/mol. The maximum absolute atomic E-state index is 12.0. The number of rotatable bonds is 5. The van der Waals surface area contributed by atoms with Crippen LogP contribution in [0.25, 0.3) is 0 Å². The molecule has 4 nitrogen and oxygen atoms in total. The van der Waals surface area contributed by atoms with Crippen LogP contribution >= 0.6 is 0 Å². The van der Waals surface area contributed by atoms with Crippen molar-refractivity contribution in [3.8, 4) is 0 Å². The van der Waals surface area contributed by atoms with Gasteiger partial charge < -0.3 is 15.6 Å². The summed E-state index contributed by atoms with van der Waals surface area (Å²) in [5.41, 5.74) is 6.97. The van der Waals surface area contributed by atoms with Crippen molar-refractivity contribution in [1.82, 2.24) is 9.88 Å². The van der Waals surface area contributed by atoms with Crippen LogP contribution in [0, 0.1) is 5.41 Å². The number of nitrogens with one attached hydrogen (secondary N) is 1. The van der Waals surface area contributed by atoms with E-state index in [9.17, 15) is 4.79 Å². The number of likely N-dealkylation sites (N-methyl/N-ethyl adjacent to an activating group) is 1. The maximum atomic E-state index is 12.0. The summed E-state index contributed by atoms with van der Waals surface area (Å²) in [7, 11) is 1.88. The van der Waals surface area contributed by atoms with Crippen LogP contribution in [0.3, 0.4) is 0 Å². The number of nitrogens with zero attached hydrogens (tertiary/aromatic N) is 1. The summed E-state index contributed by atoms with van der Waals surface area (Å²) in [6.45, 7) is 1.48. The van der Waals surface area contributed by atoms with E-state index in [1.165, 1.54) is 6.42 Å². The maximum Gasteiger partial charge on any atom is 0.228 e. The highest BCUT2D eigenvalue weighted by molar-refractivity contribution is 5.78. The standard InChI is InChI=1S/C13H21N3O/c1-16(10-13(9-14)5-3-6-13)12(17)8-11-4-2-7-15-11/h2,4,7,15H,3,5-6,8-10,14H2,1H3. The van der Waals surface area contributed by atoms with E-state index in [0.29, 0.717) is 13.0 Å². The molecule has 1 aliphatic carbocycles. The van der Waals surface area contributed by atoms with Crippen molar-refractivity contribution in [2.24, 2.45) is 11.1 Å². The monoisotopic (exact) mass is 235 g/mol. The largest absolute Gasteiger partial charge is 0.365 e. The second-order valence-electron chi connectivity index (χ2n) is 5.18. The predicted molar refractivity (Wildman–Crippen MR) is 67.5 cm³/mol. The van der Waals surface area contributed by atoms with E-state index in [4.69, 9.17) is 5.73 Å². The minimum atomic E-state index is 0.159. The van der Waals surface area contributed by atoms with E-state index in [2.05, 4.69) is 4.98 Å². The Hall–Kier alpha value is -1.29. The Morgan fingerprint density at radius 2 is 2.35 bits per heavy atom. The highest BCUT2D eigenvalue weighted by Crippen LogP contribution is 2.40. The third kappa shape index (κ3) is 2.69. The Labute approximate surface area is 102 Å². The zero-order valence-corrected chi connectivity index (χ0v) is 10.4. The van der Waals surface area contributed by atoms with E-state index >= 15 is 0 Å². The molecule has 2 rings (SSSR count). The lowest BCUT2D eigenvalue weighted by atomic mass is 9.68. The summed E-state index contributed by atoms with van der Waals surface area (Å²) in [6.07, 6.45) is 5.85. The van der Waals surface area contributed by atoms with Gasteiger partial charge in [-0.05, 0) is 31.5 Å². The molecule has 0 saturated heterocycles. The lowest BCUT2D eigenvalue weighted by Gasteiger charge is -2.43. The Kier molecular flexibility index (Phi) is 3.52. The van der Waals surface area contributed by atoms with Gasteiger partial charge in [0.05, 0.1) is 6.42 Å². The van der Waals surface area contributed by atoms with Gasteiger partial charge in [-0.15, -0.1) is 0 Å². The number of hydrogen-bond acceptors (Lipinski definition) is 2. The number of hydrogen-bond donors (Lipinski definition) is 2. The van der Waals surface area contributed by atoms with E-state index in [0.717, 1.165) is 25.1 Å². The normalized spacial score (nSPS) is 17.5. The predicted octanol–water partition coefficient (Wildman–Crippen LogP) is 1.14. The van der Waals surface area contributed by atoms with Crippen molar-refractivity contribution in [3.63, 3.8) is 0 Å². The summed E-state index contributed by atoms with van der Waals surface area (Å²) in [6, 6.07) is 3.85. The second-order valence-corrected chi connectivity index (χ2v) is 5.18. The van der Waals surface area contributed by atoms with Crippen LogP contribution in [0.2, 0.25) is 0 Å². The summed E-state index contributed by atoms with van der Waals surface area (Å²) in [5, 5.41) is 0. The lowest BCUT2D eigenvalue weighted by Crippen LogP contribution is -2.47. The van der Waals surface area contributed by atoms with E-state index in [-0.39, 0.29) is 11.3 Å². The van der Waals surface area contributed by atoms with Gasteiger partial charge in [0.1, 0.15) is 0 Å². The fraction of sp³-hybridized carbons (Fsp3) is 0.615. The molecule has 1 fully saturated rings. The van der Waals surface area contributed by atoms with E-state index in [1.54, 1.807) is 0 Å². The van der Waals surface area contributed by atoms with Crippen molar-refractivity contribution in [1.29, 1.82) is 0 Å². The first-order valence-electron chi connectivity index (χ1n) is 6.21. The summed E-state index contributed by atoms with van der Waals surface area (Å²) in [4.78, 5) is 16.9. The molecule has 1 heterocycles. The molecular formula is C13H21N3O. The number of H-pyrrole nitrogens is 1. The highest BCUT2D eigenvalue weighted by atomic mass is 16.2. The van der Waals surface area contributed by atoms with Gasteiger partial charge in [0, 0.05) is 30.9 Å². The van der Waals surface area contributed by atoms with Crippen LogP contribution in [0.1, 0.15) is 25.0 Å². The number of aromatic nitrogens is 1. The Balaban J connectivity index is 1.87. The van der Waals surface area contributed by atoms with Crippen molar-refractivity contribution in [2.75, 3.05) is 20.1 Å². The van der Waals surface area contributed by atoms with Gasteiger partial charge >= 0.3 is 0 Å². The zero-order valence-electron chi connectivity index (χ0n) is 10.4. The highest BCUT2D eigenvalue weighted by Gasteiger charge is 2.37. The van der Waals surface area contributed by atoms with Gasteiger partial charge in [-0.3, -0.25) is 4.79 Å². The van der Waals surface area contributed by atoms with Gasteiger partial charge in [-0.25, -0.2) is 0 Å². The molecule has 0 atom stereocenters. The van der Waals surface area contributed by atoms with Gasteiger partial charge in [0.25, 0.3) is 0 Å². The number of aromatic amines is 1. The van der Waals surface area contributed by atoms with Crippen molar-refractivity contribution in [2.45, 2.75) is 25.7 Å². The van der Waals surface area contributed by atoms with Crippen LogP contribution in [-0.2, 0) is 11.2 Å². The number of carbonyl (C=O) groups excluding carboxylic acids is 1. The van der Waals surface area contributed by atoms with Crippen LogP contribution in [0.4, 0.5) is 0 Å². The van der Waals surface area contributed by atoms with Crippen LogP contribution in [-0.4, -0.2) is 35.9 Å². The Morgan fingerprint density at radius 3 is 2.82 bits per heavy atom. The molecule has 0 aliphatic heterocycles. The first-order chi connectivity index (χ1) is 8.15. The zero-order chi connectivity index (χ0) is 12.3. The Bertz CT molecular complexity index is 363. The second kappa shape index (κ2) is 4.92. The van der Waals surface area contributed by atoms with Gasteiger partial charge in [0.15, 0.2) is 0 Å². The average molecular weight is 235 g/mol. The molecule has 0 bridgehead atoms. The minimum absolute atomic E-state index is 0.159. The summed E-state index contributed by atoms with van der Waals surface area (Å²) >= 11 is 0. The fourth-order valence-electron chi connectivity index (χ4n) is 2.47. The van der Waals surface area contributed by atoms with Gasteiger partial charge in [-0.1, -0.05) is 6.42 Å². The third-order valence-corrected chi connectivity index (χ3v) is 3.85. The van der Waals surface area contributed by atoms with Crippen LogP contribution in [0.15, 0.2) is 18.3 Å². The van der Waals surface area contributed by atoms with Crippen molar-refractivity contribution >= 4 is 5.91 Å². The lowest BCUT2D eigenvalue weighted by molar-refractivity contribution is -0.131. The number of carbonyl (C=O) groups is 1. The molecule has 4 heteroatoms. The molecule has 1 amide bonds. The molecule has 0 aromatic carbocycles. The van der Waals surface area contributed by atoms with Crippen LogP contribution < -0.4 is 5.73 Å². The smallest absolute Gasteiger partial charge is 0.228 e. The first kappa shape index (κ1) is 12.2. The molecule has 3 N–H and O–H groups in total. The molecule has 0 spiro atoms. The van der Waals surface area contributed by atoms with Crippen molar-refractivity contribution < 1.29 is 4.79 Å². The van der Waals surface area contributed by atoms with E-state index < -0.39 is 0 Å². The molecule has 0 unspecified atom stereocenters. The molecule has 1 saturated carbocycles. The molecule has 0 radical (unpaired) electrons. The minimum Gasteiger partial charge on any atom is -0.365 e. The van der Waals surface area contributed by atoms with Crippen molar-refractivity contribution in [3.05, 3.63) is 24.0 Å². The number of nitrogens with two attached hydrogens (primary N) is 1. The Morgan fingerprint density at radius 1 is 1.59 bits per heavy atom. The van der Waals surface area contributed by atoms with Crippen LogP contribution in [0.5, 0.6) is 0 Å². The molecule has 1 aromatic rings. The van der Waals surface area contributed by atoms with E-state index in [1.807, 2.05) is 30.3 Å². The van der Waals surface area contributed by atoms with Gasteiger partial charge in [0.2, 0.25) is 5.91 Å². The molecule has 1 aromatic heterocycles. The number of amides is 1.